The van der Waals surface area contributed by atoms with E-state index in [9.17, 15) is 13.2 Å². The van der Waals surface area contributed by atoms with Crippen molar-refractivity contribution in [2.45, 2.75) is 29.5 Å². The van der Waals surface area contributed by atoms with Crippen molar-refractivity contribution in [1.82, 2.24) is 9.62 Å². The monoisotopic (exact) mass is 472 g/mol. The summed E-state index contributed by atoms with van der Waals surface area (Å²) in [6.45, 7) is 0.863. The molecule has 2 aromatic carbocycles. The van der Waals surface area contributed by atoms with Crippen LogP contribution in [0.25, 0.3) is 0 Å². The topological polar surface area (TPSA) is 66.5 Å². The van der Waals surface area contributed by atoms with E-state index in [-0.39, 0.29) is 11.9 Å². The van der Waals surface area contributed by atoms with Crippen LogP contribution in [0.2, 0.25) is 10.0 Å². The predicted molar refractivity (Wildman–Crippen MR) is 119 cm³/mol. The number of carbonyl (C=O) groups excluding carboxylic acids is 1. The maximum Gasteiger partial charge on any atom is 0.251 e. The molecule has 1 fully saturated rings. The summed E-state index contributed by atoms with van der Waals surface area (Å²) in [4.78, 5) is 13.5. The van der Waals surface area contributed by atoms with Crippen LogP contribution in [0.4, 0.5) is 0 Å². The first-order chi connectivity index (χ1) is 13.7. The summed E-state index contributed by atoms with van der Waals surface area (Å²) in [6, 6.07) is 12.8. The van der Waals surface area contributed by atoms with Gasteiger partial charge in [0, 0.05) is 40.4 Å². The first-order valence-electron chi connectivity index (χ1n) is 9.15. The molecule has 1 saturated heterocycles. The van der Waals surface area contributed by atoms with Crippen LogP contribution >= 0.6 is 35.0 Å². The number of benzene rings is 2. The van der Waals surface area contributed by atoms with Crippen LogP contribution in [0.1, 0.15) is 28.8 Å². The Balaban J connectivity index is 1.58. The lowest BCUT2D eigenvalue weighted by Gasteiger charge is -2.30. The van der Waals surface area contributed by atoms with Gasteiger partial charge in [-0.2, -0.15) is 0 Å². The Labute approximate surface area is 185 Å². The molecular weight excluding hydrogens is 451 g/mol. The van der Waals surface area contributed by atoms with Gasteiger partial charge in [0.05, 0.1) is 11.3 Å². The minimum Gasteiger partial charge on any atom is -0.349 e. The molecule has 1 heterocycles. The highest BCUT2D eigenvalue weighted by Gasteiger charge is 2.26. The first kappa shape index (κ1) is 22.4. The molecule has 2 aromatic rings. The summed E-state index contributed by atoms with van der Waals surface area (Å²) in [5.74, 6) is 0.518. The number of thioether (sulfide) groups is 1. The van der Waals surface area contributed by atoms with E-state index in [0.717, 1.165) is 10.5 Å². The Morgan fingerprint density at radius 1 is 1.17 bits per heavy atom. The number of sulfonamides is 1. The lowest BCUT2D eigenvalue weighted by atomic mass is 10.1. The Hall–Kier alpha value is -1.25. The average molecular weight is 473 g/mol. The van der Waals surface area contributed by atoms with Gasteiger partial charge in [-0.15, -0.1) is 11.8 Å². The van der Waals surface area contributed by atoms with Crippen molar-refractivity contribution in [2.75, 3.05) is 19.3 Å². The number of piperidine rings is 1. The summed E-state index contributed by atoms with van der Waals surface area (Å²) < 4.78 is 24.7. The molecule has 156 valence electrons. The maximum absolute atomic E-state index is 12.6. The number of nitrogens with zero attached hydrogens (tertiary/aromatic N) is 1. The standard InChI is InChI=1S/C20H22Cl2N2O3S2/c1-29(26,27)24-9-7-17(8-10-24)23-20(25)15-4-2-3-14(11-15)13-28-19-12-16(21)5-6-18(19)22/h2-6,11-12,17H,7-10,13H2,1H3,(H,23,25). The highest BCUT2D eigenvalue weighted by molar-refractivity contribution is 7.98. The molecule has 0 atom stereocenters. The van der Waals surface area contributed by atoms with Gasteiger partial charge in [-0.3, -0.25) is 4.79 Å². The SMILES string of the molecule is CS(=O)(=O)N1CCC(NC(=O)c2cccc(CSc3cc(Cl)ccc3Cl)c2)CC1. The van der Waals surface area contributed by atoms with Crippen LogP contribution in [-0.4, -0.2) is 44.0 Å². The second-order valence-electron chi connectivity index (χ2n) is 6.97. The van der Waals surface area contributed by atoms with E-state index in [0.29, 0.717) is 47.3 Å². The molecule has 0 spiro atoms. The van der Waals surface area contributed by atoms with Gasteiger partial charge in [0.15, 0.2) is 0 Å². The summed E-state index contributed by atoms with van der Waals surface area (Å²) >= 11 is 13.8. The lowest BCUT2D eigenvalue weighted by molar-refractivity contribution is 0.0924. The summed E-state index contributed by atoms with van der Waals surface area (Å²) in [6.07, 6.45) is 2.44. The molecule has 0 bridgehead atoms. The second kappa shape index (κ2) is 9.71. The smallest absolute Gasteiger partial charge is 0.251 e. The van der Waals surface area contributed by atoms with Crippen LogP contribution in [0.5, 0.6) is 0 Å². The summed E-state index contributed by atoms with van der Waals surface area (Å²) in [5, 5.41) is 4.30. The number of carbonyl (C=O) groups is 1. The van der Waals surface area contributed by atoms with Gasteiger partial charge in [0.2, 0.25) is 10.0 Å². The fourth-order valence-corrected chi connectivity index (χ4v) is 5.46. The van der Waals surface area contributed by atoms with E-state index in [2.05, 4.69) is 5.32 Å². The van der Waals surface area contributed by atoms with Gasteiger partial charge in [-0.1, -0.05) is 35.3 Å². The molecule has 0 aliphatic carbocycles. The zero-order chi connectivity index (χ0) is 21.0. The third-order valence-electron chi connectivity index (χ3n) is 4.73. The largest absolute Gasteiger partial charge is 0.349 e. The van der Waals surface area contributed by atoms with Crippen LogP contribution in [0.3, 0.4) is 0 Å². The third kappa shape index (κ3) is 6.36. The minimum atomic E-state index is -3.17. The average Bonchev–Trinajstić information content (AvgIpc) is 2.68. The Morgan fingerprint density at radius 3 is 2.59 bits per heavy atom. The lowest BCUT2D eigenvalue weighted by Crippen LogP contribution is -2.46. The van der Waals surface area contributed by atoms with Gasteiger partial charge >= 0.3 is 0 Å². The molecule has 0 saturated carbocycles. The normalized spacial score (nSPS) is 16.0. The van der Waals surface area contributed by atoms with Crippen molar-refractivity contribution < 1.29 is 13.2 Å². The van der Waals surface area contributed by atoms with Crippen LogP contribution in [0.15, 0.2) is 47.4 Å². The van der Waals surface area contributed by atoms with Crippen molar-refractivity contribution in [3.05, 3.63) is 63.6 Å². The molecule has 0 aromatic heterocycles. The Bertz CT molecular complexity index is 991. The zero-order valence-corrected chi connectivity index (χ0v) is 19.0. The second-order valence-corrected chi connectivity index (χ2v) is 10.8. The van der Waals surface area contributed by atoms with Crippen LogP contribution < -0.4 is 5.32 Å². The predicted octanol–water partition coefficient (Wildman–Crippen LogP) is 4.44. The van der Waals surface area contributed by atoms with Crippen molar-refractivity contribution in [3.8, 4) is 0 Å². The molecule has 0 unspecified atom stereocenters. The number of nitrogens with one attached hydrogen (secondary N) is 1. The number of hydrogen-bond donors (Lipinski definition) is 1. The van der Waals surface area contributed by atoms with Crippen molar-refractivity contribution >= 4 is 50.9 Å². The molecule has 1 amide bonds. The molecule has 1 aliphatic heterocycles. The van der Waals surface area contributed by atoms with Gasteiger partial charge in [0.1, 0.15) is 0 Å². The van der Waals surface area contributed by atoms with E-state index in [4.69, 9.17) is 23.2 Å². The van der Waals surface area contributed by atoms with E-state index in [1.165, 1.54) is 10.6 Å². The number of hydrogen-bond acceptors (Lipinski definition) is 4. The minimum absolute atomic E-state index is 0.0243. The van der Waals surface area contributed by atoms with Gasteiger partial charge in [-0.25, -0.2) is 12.7 Å². The molecule has 5 nitrogen and oxygen atoms in total. The maximum atomic E-state index is 12.6. The molecule has 1 aliphatic rings. The van der Waals surface area contributed by atoms with Crippen molar-refractivity contribution in [2.24, 2.45) is 0 Å². The van der Waals surface area contributed by atoms with Crippen molar-refractivity contribution in [3.63, 3.8) is 0 Å². The Morgan fingerprint density at radius 2 is 1.90 bits per heavy atom. The van der Waals surface area contributed by atoms with Gasteiger partial charge < -0.3 is 5.32 Å². The number of rotatable bonds is 6. The molecule has 0 radical (unpaired) electrons. The first-order valence-corrected chi connectivity index (χ1v) is 12.7. The quantitative estimate of drug-likeness (QED) is 0.630. The number of amides is 1. The van der Waals surface area contributed by atoms with Gasteiger partial charge in [0.25, 0.3) is 5.91 Å². The fraction of sp³-hybridized carbons (Fsp3) is 0.350. The van der Waals surface area contributed by atoms with Crippen LogP contribution in [0, 0.1) is 0 Å². The molecule has 9 heteroatoms. The molecule has 29 heavy (non-hydrogen) atoms. The number of halogens is 2. The zero-order valence-electron chi connectivity index (χ0n) is 15.9. The summed E-state index contributed by atoms with van der Waals surface area (Å²) in [7, 11) is -3.17. The van der Waals surface area contributed by atoms with E-state index >= 15 is 0 Å². The molecular formula is C20H22Cl2N2O3S2. The summed E-state index contributed by atoms with van der Waals surface area (Å²) in [5.41, 5.74) is 1.59. The van der Waals surface area contributed by atoms with E-state index < -0.39 is 10.0 Å². The highest BCUT2D eigenvalue weighted by atomic mass is 35.5. The Kier molecular flexibility index (Phi) is 7.51. The van der Waals surface area contributed by atoms with Crippen LogP contribution in [-0.2, 0) is 15.8 Å². The molecule has 3 rings (SSSR count). The third-order valence-corrected chi connectivity index (χ3v) is 7.84. The van der Waals surface area contributed by atoms with Crippen molar-refractivity contribution in [1.29, 1.82) is 0 Å². The van der Waals surface area contributed by atoms with Gasteiger partial charge in [-0.05, 0) is 48.7 Å². The highest BCUT2D eigenvalue weighted by Crippen LogP contribution is 2.32. The van der Waals surface area contributed by atoms with E-state index in [1.807, 2.05) is 24.3 Å². The van der Waals surface area contributed by atoms with E-state index in [1.54, 1.807) is 30.0 Å². The fourth-order valence-electron chi connectivity index (χ4n) is 3.15. The molecule has 1 N–H and O–H groups in total.